The van der Waals surface area contributed by atoms with E-state index >= 15 is 0 Å². The smallest absolute Gasteiger partial charge is 0.413 e. The number of ether oxygens (including phenoxy) is 6. The second-order valence-electron chi connectivity index (χ2n) is 17.0. The zero-order chi connectivity index (χ0) is 38.6. The Balaban J connectivity index is 2.07. The number of carbonyl (C=O) groups excluding carboxylic acids is 5. The van der Waals surface area contributed by atoms with Crippen LogP contribution in [0.15, 0.2) is 0 Å². The number of alkyl carbamates (subject to hydrolysis) is 1. The number of aliphatic hydroxyl groups is 1. The molecular formula is C35H61N3O12Si. The minimum atomic E-state index is -2.09. The molecule has 0 aromatic heterocycles. The van der Waals surface area contributed by atoms with Gasteiger partial charge in [0.15, 0.2) is 5.54 Å². The van der Waals surface area contributed by atoms with Crippen molar-refractivity contribution in [3.8, 4) is 0 Å². The molecule has 16 heteroatoms. The number of amides is 3. The molecule has 3 aliphatic rings. The van der Waals surface area contributed by atoms with E-state index in [4.69, 9.17) is 28.4 Å². The molecule has 2 saturated heterocycles. The fourth-order valence-corrected chi connectivity index (χ4v) is 7.91. The molecule has 2 heterocycles. The molecule has 292 valence electrons. The molecule has 51 heavy (non-hydrogen) atoms. The van der Waals surface area contributed by atoms with Crippen LogP contribution in [-0.4, -0.2) is 127 Å². The van der Waals surface area contributed by atoms with Gasteiger partial charge in [0.2, 0.25) is 0 Å². The van der Waals surface area contributed by atoms with Crippen LogP contribution in [0.4, 0.5) is 14.4 Å². The molecule has 15 nitrogen and oxygen atoms in total. The maximum absolute atomic E-state index is 14.2. The minimum Gasteiger partial charge on any atom is -0.467 e. The Morgan fingerprint density at radius 2 is 1.45 bits per heavy atom. The van der Waals surface area contributed by atoms with E-state index in [2.05, 4.69) is 25.0 Å². The summed E-state index contributed by atoms with van der Waals surface area (Å²) in [6, 6.07) is -2.64. The number of methoxy groups -OCH3 is 2. The van der Waals surface area contributed by atoms with E-state index in [9.17, 15) is 29.1 Å². The van der Waals surface area contributed by atoms with Crippen LogP contribution >= 0.6 is 0 Å². The van der Waals surface area contributed by atoms with Gasteiger partial charge in [0.25, 0.3) is 0 Å². The van der Waals surface area contributed by atoms with Crippen molar-refractivity contribution in [2.45, 2.75) is 165 Å². The number of hydrogen-bond acceptors (Lipinski definition) is 12. The van der Waals surface area contributed by atoms with Gasteiger partial charge in [-0.05, 0) is 92.5 Å². The molecule has 0 aromatic carbocycles. The molecule has 0 radical (unpaired) electrons. The Bertz CT molecular complexity index is 1270. The first-order chi connectivity index (χ1) is 23.5. The van der Waals surface area contributed by atoms with Crippen molar-refractivity contribution in [3.05, 3.63) is 0 Å². The third-order valence-corrected chi connectivity index (χ3v) is 11.2. The maximum atomic E-state index is 14.2. The quantitative estimate of drug-likeness (QED) is 0.175. The third kappa shape index (κ3) is 10.3. The largest absolute Gasteiger partial charge is 0.467 e. The molecule has 0 bridgehead atoms. The van der Waals surface area contributed by atoms with E-state index in [0.29, 0.717) is 18.9 Å². The van der Waals surface area contributed by atoms with Crippen LogP contribution in [0.3, 0.4) is 0 Å². The lowest BCUT2D eigenvalue weighted by Gasteiger charge is -2.47. The highest BCUT2D eigenvalue weighted by molar-refractivity contribution is 6.76. The van der Waals surface area contributed by atoms with Crippen LogP contribution in [0.1, 0.15) is 92.9 Å². The van der Waals surface area contributed by atoms with Gasteiger partial charge in [0.1, 0.15) is 29.1 Å². The summed E-state index contributed by atoms with van der Waals surface area (Å²) in [5, 5.41) is 15.1. The van der Waals surface area contributed by atoms with E-state index in [1.54, 1.807) is 41.5 Å². The lowest BCUT2D eigenvalue weighted by molar-refractivity contribution is -0.167. The zero-order valence-electron chi connectivity index (χ0n) is 32.4. The summed E-state index contributed by atoms with van der Waals surface area (Å²) >= 11 is 0. The SMILES string of the molecule is COC(=O)[C@H](C[C@H]1CC[C@](C(=O)OC)([C@@H](O)[C@@H]2COC3(CCCCC3)N2C(=O)OC(C)(C)C)N1C(=O)OC(C)(C)C)NC(=O)OCC[Si](C)(C)C. The topological polar surface area (TPSA) is 179 Å². The minimum absolute atomic E-state index is 0.0937. The summed E-state index contributed by atoms with van der Waals surface area (Å²) in [5.74, 6) is -1.73. The Morgan fingerprint density at radius 1 is 0.882 bits per heavy atom. The number of nitrogens with one attached hydrogen (secondary N) is 1. The van der Waals surface area contributed by atoms with Gasteiger partial charge in [-0.2, -0.15) is 0 Å². The fraction of sp³-hybridized carbons (Fsp3) is 0.857. The van der Waals surface area contributed by atoms with Gasteiger partial charge in [-0.15, -0.1) is 0 Å². The number of nitrogens with zero attached hydrogens (tertiary/aromatic N) is 2. The second kappa shape index (κ2) is 16.3. The van der Waals surface area contributed by atoms with Crippen molar-refractivity contribution < 1.29 is 57.5 Å². The number of hydrogen-bond donors (Lipinski definition) is 2. The molecule has 2 N–H and O–H groups in total. The van der Waals surface area contributed by atoms with Gasteiger partial charge in [0.05, 0.1) is 33.5 Å². The van der Waals surface area contributed by atoms with Crippen molar-refractivity contribution in [1.29, 1.82) is 0 Å². The number of rotatable bonds is 10. The van der Waals surface area contributed by atoms with E-state index in [1.165, 1.54) is 12.0 Å². The maximum Gasteiger partial charge on any atom is 0.413 e. The number of likely N-dealkylation sites (tertiary alicyclic amines) is 1. The first-order valence-corrected chi connectivity index (χ1v) is 21.7. The van der Waals surface area contributed by atoms with Crippen LogP contribution in [0, 0.1) is 0 Å². The first kappa shape index (κ1) is 42.3. The summed E-state index contributed by atoms with van der Waals surface area (Å²) in [5.41, 5.74) is -5.07. The van der Waals surface area contributed by atoms with E-state index in [1.807, 2.05) is 0 Å². The Hall–Kier alpha value is -3.11. The van der Waals surface area contributed by atoms with Crippen LogP contribution in [0.5, 0.6) is 0 Å². The summed E-state index contributed by atoms with van der Waals surface area (Å²) in [6.07, 6.45) is -0.981. The van der Waals surface area contributed by atoms with E-state index in [-0.39, 0.29) is 32.5 Å². The van der Waals surface area contributed by atoms with Crippen molar-refractivity contribution in [1.82, 2.24) is 15.1 Å². The average molecular weight is 744 g/mol. The van der Waals surface area contributed by atoms with Crippen molar-refractivity contribution in [2.75, 3.05) is 27.4 Å². The molecule has 1 saturated carbocycles. The van der Waals surface area contributed by atoms with E-state index < -0.39 is 85.0 Å². The summed E-state index contributed by atoms with van der Waals surface area (Å²) < 4.78 is 33.6. The number of aliphatic hydroxyl groups excluding tert-OH is 1. The summed E-state index contributed by atoms with van der Waals surface area (Å²) in [4.78, 5) is 70.7. The van der Waals surface area contributed by atoms with Crippen LogP contribution in [0.25, 0.3) is 0 Å². The lowest BCUT2D eigenvalue weighted by Crippen LogP contribution is -2.69. The van der Waals surface area contributed by atoms with E-state index in [0.717, 1.165) is 31.3 Å². The highest BCUT2D eigenvalue weighted by Crippen LogP contribution is 2.47. The van der Waals surface area contributed by atoms with Crippen molar-refractivity contribution in [2.24, 2.45) is 0 Å². The molecule has 3 fully saturated rings. The second-order valence-corrected chi connectivity index (χ2v) is 22.7. The molecule has 3 rings (SSSR count). The predicted molar refractivity (Wildman–Crippen MR) is 189 cm³/mol. The summed E-state index contributed by atoms with van der Waals surface area (Å²) in [6.45, 7) is 16.6. The van der Waals surface area contributed by atoms with Gasteiger partial charge in [-0.3, -0.25) is 9.80 Å². The first-order valence-electron chi connectivity index (χ1n) is 18.0. The van der Waals surface area contributed by atoms with Crippen molar-refractivity contribution in [3.63, 3.8) is 0 Å². The Labute approximate surface area is 303 Å². The molecule has 0 unspecified atom stereocenters. The molecule has 5 atom stereocenters. The van der Waals surface area contributed by atoms with Gasteiger partial charge < -0.3 is 38.8 Å². The summed E-state index contributed by atoms with van der Waals surface area (Å²) in [7, 11) is 0.797. The van der Waals surface area contributed by atoms with Crippen LogP contribution in [0.2, 0.25) is 25.7 Å². The van der Waals surface area contributed by atoms with Gasteiger partial charge >= 0.3 is 30.2 Å². The average Bonchev–Trinajstić information content (AvgIpc) is 3.57. The van der Waals surface area contributed by atoms with Gasteiger partial charge in [-0.25, -0.2) is 24.0 Å². The fourth-order valence-electron chi connectivity index (χ4n) is 7.20. The standard InChI is InChI=1S/C35H61N3O12Si/c1-32(2,3)49-30(43)37-23(21-24(27(40)45-7)36-29(42)47-19-20-51(9,10)11)15-18-35(37,28(41)46-8)26(39)25-22-48-34(16-13-12-14-17-34)38(25)31(44)50-33(4,5)6/h23-26,39H,12-22H2,1-11H3,(H,36,42)/t23-,24+,25+,26+,35-/m1/s1. The number of esters is 2. The molecule has 0 aromatic rings. The van der Waals surface area contributed by atoms with Crippen molar-refractivity contribution >= 4 is 38.3 Å². The van der Waals surface area contributed by atoms with Crippen LogP contribution < -0.4 is 5.32 Å². The van der Waals surface area contributed by atoms with Gasteiger partial charge in [-0.1, -0.05) is 26.1 Å². The lowest BCUT2D eigenvalue weighted by atomic mass is 9.83. The zero-order valence-corrected chi connectivity index (χ0v) is 33.4. The highest BCUT2D eigenvalue weighted by atomic mass is 28.3. The predicted octanol–water partition coefficient (Wildman–Crippen LogP) is 4.95. The highest BCUT2D eigenvalue weighted by Gasteiger charge is 2.66. The molecule has 1 spiro atoms. The van der Waals surface area contributed by atoms with Crippen LogP contribution in [-0.2, 0) is 38.0 Å². The molecule has 1 aliphatic carbocycles. The van der Waals surface area contributed by atoms with Gasteiger partial charge in [0, 0.05) is 14.1 Å². The Kier molecular flexibility index (Phi) is 13.5. The monoisotopic (exact) mass is 743 g/mol. The third-order valence-electron chi connectivity index (χ3n) is 9.53. The Morgan fingerprint density at radius 3 is 1.96 bits per heavy atom. The molecule has 2 aliphatic heterocycles. The number of carbonyl (C=O) groups is 5. The normalized spacial score (nSPS) is 24.8. The molecular weight excluding hydrogens is 682 g/mol. The molecule has 3 amide bonds.